The molecule has 1 heterocycles. The molecule has 0 aliphatic carbocycles. The number of carbonyl (C=O) groups excluding carboxylic acids is 2. The molecule has 132 valence electrons. The summed E-state index contributed by atoms with van der Waals surface area (Å²) >= 11 is 1.28. The van der Waals surface area contributed by atoms with E-state index in [9.17, 15) is 9.59 Å². The monoisotopic (exact) mass is 353 g/mol. The highest BCUT2D eigenvalue weighted by Crippen LogP contribution is 2.36. The van der Waals surface area contributed by atoms with Crippen LogP contribution in [0.3, 0.4) is 0 Å². The first-order valence-electron chi connectivity index (χ1n) is 7.68. The van der Waals surface area contributed by atoms with Crippen LogP contribution in [0, 0.1) is 5.92 Å². The maximum Gasteiger partial charge on any atom is 0.223 e. The van der Waals surface area contributed by atoms with E-state index in [1.807, 2.05) is 0 Å². The summed E-state index contributed by atoms with van der Waals surface area (Å²) in [7, 11) is 4.74. The second kappa shape index (κ2) is 8.28. The normalized spacial score (nSPS) is 17.1. The summed E-state index contributed by atoms with van der Waals surface area (Å²) in [6.45, 7) is 2.60. The summed E-state index contributed by atoms with van der Waals surface area (Å²) in [5, 5.41) is 0.0828. The number of hydrogen-bond donors (Lipinski definition) is 0. The quantitative estimate of drug-likeness (QED) is 0.750. The van der Waals surface area contributed by atoms with Crippen molar-refractivity contribution in [2.24, 2.45) is 5.92 Å². The Morgan fingerprint density at radius 2 is 1.83 bits per heavy atom. The van der Waals surface area contributed by atoms with Gasteiger partial charge in [0.1, 0.15) is 17.2 Å². The summed E-state index contributed by atoms with van der Waals surface area (Å²) in [4.78, 5) is 25.2. The third kappa shape index (κ3) is 4.35. The largest absolute Gasteiger partial charge is 0.496 e. The Balaban J connectivity index is 2.15. The van der Waals surface area contributed by atoms with Gasteiger partial charge in [0, 0.05) is 37.8 Å². The van der Waals surface area contributed by atoms with E-state index in [2.05, 4.69) is 0 Å². The number of benzene rings is 1. The van der Waals surface area contributed by atoms with E-state index < -0.39 is 0 Å². The molecule has 1 unspecified atom stereocenters. The van der Waals surface area contributed by atoms with Crippen LogP contribution in [-0.4, -0.2) is 49.5 Å². The Hall–Kier alpha value is -1.89. The molecular weight excluding hydrogens is 330 g/mol. The van der Waals surface area contributed by atoms with Crippen molar-refractivity contribution < 1.29 is 23.8 Å². The van der Waals surface area contributed by atoms with Crippen molar-refractivity contribution in [1.82, 2.24) is 4.90 Å². The molecule has 0 radical (unpaired) electrons. The number of likely N-dealkylation sites (tertiary alicyclic amines) is 1. The van der Waals surface area contributed by atoms with Gasteiger partial charge < -0.3 is 19.1 Å². The Bertz CT molecular complexity index is 594. The van der Waals surface area contributed by atoms with Crippen molar-refractivity contribution in [2.75, 3.05) is 33.6 Å². The highest BCUT2D eigenvalue weighted by Gasteiger charge is 2.31. The molecule has 1 atom stereocenters. The average Bonchev–Trinajstić information content (AvgIpc) is 2.92. The maximum absolute atomic E-state index is 12.3. The minimum absolute atomic E-state index is 0.0828. The third-order valence-corrected chi connectivity index (χ3v) is 5.03. The van der Waals surface area contributed by atoms with Crippen molar-refractivity contribution >= 4 is 22.8 Å². The van der Waals surface area contributed by atoms with Gasteiger partial charge in [0.2, 0.25) is 5.91 Å². The van der Waals surface area contributed by atoms with Gasteiger partial charge in [-0.1, -0.05) is 11.8 Å². The van der Waals surface area contributed by atoms with Crippen LogP contribution in [-0.2, 0) is 16.1 Å². The molecule has 1 amide bonds. The predicted molar refractivity (Wildman–Crippen MR) is 92.8 cm³/mol. The van der Waals surface area contributed by atoms with Crippen molar-refractivity contribution in [2.45, 2.75) is 19.9 Å². The van der Waals surface area contributed by atoms with Gasteiger partial charge in [0.15, 0.2) is 5.12 Å². The molecule has 1 aliphatic heterocycles. The number of ether oxygens (including phenoxy) is 3. The van der Waals surface area contributed by atoms with Gasteiger partial charge in [-0.3, -0.25) is 9.59 Å². The average molecular weight is 353 g/mol. The van der Waals surface area contributed by atoms with Crippen molar-refractivity contribution in [1.29, 1.82) is 0 Å². The van der Waals surface area contributed by atoms with Crippen LogP contribution in [0.4, 0.5) is 0 Å². The minimum atomic E-state index is 0.0828. The van der Waals surface area contributed by atoms with E-state index in [0.29, 0.717) is 42.5 Å². The molecule has 1 fully saturated rings. The number of hydrogen-bond acceptors (Lipinski definition) is 6. The van der Waals surface area contributed by atoms with Crippen molar-refractivity contribution in [3.05, 3.63) is 17.7 Å². The Labute approximate surface area is 146 Å². The molecule has 2 rings (SSSR count). The summed E-state index contributed by atoms with van der Waals surface area (Å²) in [5.41, 5.74) is 0.814. The molecule has 1 aromatic rings. The fourth-order valence-electron chi connectivity index (χ4n) is 2.78. The molecule has 0 N–H and O–H groups in total. The van der Waals surface area contributed by atoms with Gasteiger partial charge in [0.05, 0.1) is 33.4 Å². The van der Waals surface area contributed by atoms with Crippen molar-refractivity contribution in [3.8, 4) is 17.2 Å². The molecule has 0 spiro atoms. The van der Waals surface area contributed by atoms with Crippen molar-refractivity contribution in [3.63, 3.8) is 0 Å². The second-order valence-electron chi connectivity index (χ2n) is 5.66. The number of nitrogens with zero attached hydrogens (tertiary/aromatic N) is 1. The minimum Gasteiger partial charge on any atom is -0.496 e. The molecule has 0 bridgehead atoms. The predicted octanol–water partition coefficient (Wildman–Crippen LogP) is 2.34. The first kappa shape index (κ1) is 18.4. The van der Waals surface area contributed by atoms with Crippen LogP contribution in [0.5, 0.6) is 17.2 Å². The molecule has 1 saturated heterocycles. The number of amides is 1. The van der Waals surface area contributed by atoms with E-state index in [0.717, 1.165) is 5.56 Å². The smallest absolute Gasteiger partial charge is 0.223 e. The standard InChI is InChI=1S/C17H23NO5S/c1-11(19)24-10-12-5-17(20)18(8-12)9-14-15(22-3)6-13(21-2)7-16(14)23-4/h6-7,12H,5,8-10H2,1-4H3. The molecule has 0 saturated carbocycles. The first-order chi connectivity index (χ1) is 11.5. The number of methoxy groups -OCH3 is 3. The fourth-order valence-corrected chi connectivity index (χ4v) is 3.47. The van der Waals surface area contributed by atoms with E-state index in [-0.39, 0.29) is 16.9 Å². The molecule has 1 aromatic carbocycles. The van der Waals surface area contributed by atoms with Gasteiger partial charge in [-0.15, -0.1) is 0 Å². The van der Waals surface area contributed by atoms with E-state index in [4.69, 9.17) is 14.2 Å². The molecule has 1 aliphatic rings. The van der Waals surface area contributed by atoms with Gasteiger partial charge in [0.25, 0.3) is 0 Å². The number of rotatable bonds is 7. The lowest BCUT2D eigenvalue weighted by Gasteiger charge is -2.21. The summed E-state index contributed by atoms with van der Waals surface area (Å²) in [6, 6.07) is 3.56. The molecule has 6 nitrogen and oxygen atoms in total. The van der Waals surface area contributed by atoms with Gasteiger partial charge in [-0.2, -0.15) is 0 Å². The highest BCUT2D eigenvalue weighted by molar-refractivity contribution is 8.13. The highest BCUT2D eigenvalue weighted by atomic mass is 32.2. The first-order valence-corrected chi connectivity index (χ1v) is 8.67. The van der Waals surface area contributed by atoms with E-state index >= 15 is 0 Å². The van der Waals surface area contributed by atoms with Crippen LogP contribution in [0.2, 0.25) is 0 Å². The second-order valence-corrected chi connectivity index (χ2v) is 6.85. The Morgan fingerprint density at radius 3 is 2.33 bits per heavy atom. The lowest BCUT2D eigenvalue weighted by atomic mass is 10.1. The zero-order chi connectivity index (χ0) is 17.7. The fraction of sp³-hybridized carbons (Fsp3) is 0.529. The lowest BCUT2D eigenvalue weighted by molar-refractivity contribution is -0.128. The molecule has 24 heavy (non-hydrogen) atoms. The Morgan fingerprint density at radius 1 is 1.21 bits per heavy atom. The maximum atomic E-state index is 12.3. The zero-order valence-corrected chi connectivity index (χ0v) is 15.3. The van der Waals surface area contributed by atoms with Gasteiger partial charge in [-0.25, -0.2) is 0 Å². The van der Waals surface area contributed by atoms with Gasteiger partial charge >= 0.3 is 0 Å². The molecular formula is C17H23NO5S. The van der Waals surface area contributed by atoms with E-state index in [1.165, 1.54) is 11.8 Å². The third-order valence-electron chi connectivity index (χ3n) is 3.98. The van der Waals surface area contributed by atoms with E-state index in [1.54, 1.807) is 45.3 Å². The van der Waals surface area contributed by atoms with Crippen LogP contribution in [0.15, 0.2) is 12.1 Å². The van der Waals surface area contributed by atoms with Crippen LogP contribution < -0.4 is 14.2 Å². The molecule has 0 aromatic heterocycles. The number of thioether (sulfide) groups is 1. The zero-order valence-electron chi connectivity index (χ0n) is 14.5. The van der Waals surface area contributed by atoms with Crippen LogP contribution >= 0.6 is 11.8 Å². The summed E-state index contributed by atoms with van der Waals surface area (Å²) in [5.74, 6) is 2.84. The summed E-state index contributed by atoms with van der Waals surface area (Å²) in [6.07, 6.45) is 0.473. The topological polar surface area (TPSA) is 65.1 Å². The SMILES string of the molecule is COc1cc(OC)c(CN2CC(CSC(C)=O)CC2=O)c(OC)c1. The van der Waals surface area contributed by atoms with Gasteiger partial charge in [-0.05, 0) is 5.92 Å². The van der Waals surface area contributed by atoms with Crippen LogP contribution in [0.1, 0.15) is 18.9 Å². The lowest BCUT2D eigenvalue weighted by Crippen LogP contribution is -2.25. The molecule has 7 heteroatoms. The number of carbonyl (C=O) groups is 2. The Kier molecular flexibility index (Phi) is 6.36. The van der Waals surface area contributed by atoms with Crippen LogP contribution in [0.25, 0.3) is 0 Å². The summed E-state index contributed by atoms with van der Waals surface area (Å²) < 4.78 is 16.1.